The molecule has 4 N–H and O–H groups in total. The highest BCUT2D eigenvalue weighted by molar-refractivity contribution is 4.96. The van der Waals surface area contributed by atoms with E-state index in [1.165, 1.54) is 57.8 Å². The Morgan fingerprint density at radius 3 is 2.18 bits per heavy atom. The van der Waals surface area contributed by atoms with Crippen molar-refractivity contribution < 1.29 is 0 Å². The Hall–Kier alpha value is -0.600. The first-order valence-electron chi connectivity index (χ1n) is 9.51. The zero-order valence-corrected chi connectivity index (χ0v) is 14.3. The minimum absolute atomic E-state index is 0.390. The molecular weight excluding hydrogens is 268 g/mol. The van der Waals surface area contributed by atoms with Crippen molar-refractivity contribution in [3.63, 3.8) is 0 Å². The van der Waals surface area contributed by atoms with Crippen LogP contribution in [0.25, 0.3) is 0 Å². The lowest BCUT2D eigenvalue weighted by Gasteiger charge is -2.25. The van der Waals surface area contributed by atoms with Gasteiger partial charge < -0.3 is 11.5 Å². The van der Waals surface area contributed by atoms with Gasteiger partial charge in [-0.2, -0.15) is 0 Å². The molecule has 22 heavy (non-hydrogen) atoms. The fourth-order valence-electron chi connectivity index (χ4n) is 4.21. The Labute approximate surface area is 137 Å². The third-order valence-electron chi connectivity index (χ3n) is 5.90. The molecule has 0 radical (unpaired) electrons. The molecule has 2 heteroatoms. The molecule has 0 aromatic rings. The third-order valence-corrected chi connectivity index (χ3v) is 5.90. The van der Waals surface area contributed by atoms with Crippen LogP contribution in [0.5, 0.6) is 0 Å². The van der Waals surface area contributed by atoms with Crippen LogP contribution in [-0.2, 0) is 0 Å². The van der Waals surface area contributed by atoms with E-state index in [-0.39, 0.29) is 0 Å². The van der Waals surface area contributed by atoms with E-state index in [4.69, 9.17) is 11.5 Å². The van der Waals surface area contributed by atoms with Crippen molar-refractivity contribution in [3.05, 3.63) is 24.3 Å². The molecule has 0 aliphatic heterocycles. The van der Waals surface area contributed by atoms with Crippen LogP contribution in [0, 0.1) is 11.3 Å². The van der Waals surface area contributed by atoms with Gasteiger partial charge in [0.05, 0.1) is 0 Å². The predicted molar refractivity (Wildman–Crippen MR) is 96.6 cm³/mol. The number of allylic oxidation sites excluding steroid dienone is 3. The van der Waals surface area contributed by atoms with Crippen molar-refractivity contribution in [1.29, 1.82) is 0 Å². The Morgan fingerprint density at radius 2 is 1.55 bits per heavy atom. The van der Waals surface area contributed by atoms with Crippen LogP contribution in [0.2, 0.25) is 0 Å². The number of hydrogen-bond donors (Lipinski definition) is 2. The average Bonchev–Trinajstić information content (AvgIpc) is 3.21. The molecule has 1 atom stereocenters. The van der Waals surface area contributed by atoms with Crippen molar-refractivity contribution in [1.82, 2.24) is 0 Å². The van der Waals surface area contributed by atoms with Gasteiger partial charge in [-0.25, -0.2) is 0 Å². The Balaban J connectivity index is 1.54. The molecule has 2 aliphatic rings. The van der Waals surface area contributed by atoms with E-state index in [0.29, 0.717) is 11.5 Å². The van der Waals surface area contributed by atoms with Gasteiger partial charge in [0.25, 0.3) is 0 Å². The minimum atomic E-state index is 0.390. The summed E-state index contributed by atoms with van der Waals surface area (Å²) in [6, 6.07) is 0.390. The first-order chi connectivity index (χ1) is 10.8. The second-order valence-corrected chi connectivity index (χ2v) is 7.58. The molecule has 2 nitrogen and oxygen atoms in total. The molecule has 2 saturated carbocycles. The summed E-state index contributed by atoms with van der Waals surface area (Å²) in [4.78, 5) is 0. The van der Waals surface area contributed by atoms with Crippen molar-refractivity contribution in [3.8, 4) is 0 Å². The van der Waals surface area contributed by atoms with E-state index in [9.17, 15) is 0 Å². The summed E-state index contributed by atoms with van der Waals surface area (Å²) in [5, 5.41) is 0. The molecule has 0 saturated heterocycles. The highest BCUT2D eigenvalue weighted by Gasteiger charge is 2.30. The monoisotopic (exact) mass is 304 g/mol. The Morgan fingerprint density at radius 1 is 0.909 bits per heavy atom. The number of nitrogens with two attached hydrogens (primary N) is 2. The predicted octanol–water partition coefficient (Wildman–Crippen LogP) is 4.70. The van der Waals surface area contributed by atoms with Gasteiger partial charge in [-0.1, -0.05) is 50.0 Å². The summed E-state index contributed by atoms with van der Waals surface area (Å²) in [5.41, 5.74) is 12.7. The molecule has 2 rings (SSSR count). The van der Waals surface area contributed by atoms with Gasteiger partial charge in [0, 0.05) is 6.04 Å². The molecule has 0 aromatic carbocycles. The van der Waals surface area contributed by atoms with Gasteiger partial charge in [0.15, 0.2) is 0 Å². The second-order valence-electron chi connectivity index (χ2n) is 7.58. The zero-order chi connectivity index (χ0) is 15.7. The van der Waals surface area contributed by atoms with Crippen LogP contribution >= 0.6 is 0 Å². The van der Waals surface area contributed by atoms with Gasteiger partial charge in [0.2, 0.25) is 0 Å². The summed E-state index contributed by atoms with van der Waals surface area (Å²) in [6.45, 7) is 0.857. The second kappa shape index (κ2) is 9.52. The van der Waals surface area contributed by atoms with Crippen molar-refractivity contribution in [2.45, 2.75) is 83.1 Å². The highest BCUT2D eigenvalue weighted by Crippen LogP contribution is 2.40. The largest absolute Gasteiger partial charge is 0.330 e. The minimum Gasteiger partial charge on any atom is -0.330 e. The molecule has 1 unspecified atom stereocenters. The molecule has 126 valence electrons. The van der Waals surface area contributed by atoms with E-state index in [1.54, 1.807) is 0 Å². The highest BCUT2D eigenvalue weighted by atomic mass is 14.6. The lowest BCUT2D eigenvalue weighted by Crippen LogP contribution is -2.27. The maximum absolute atomic E-state index is 6.26. The van der Waals surface area contributed by atoms with E-state index in [1.807, 2.05) is 0 Å². The Kier molecular flexibility index (Phi) is 7.68. The number of hydrogen-bond acceptors (Lipinski definition) is 2. The SMILES string of the molecule is NCC1(CC=CCCC=CCC(N)C2CCCC2)CCCC1. The quantitative estimate of drug-likeness (QED) is 0.479. The normalized spacial score (nSPS) is 23.9. The van der Waals surface area contributed by atoms with Crippen LogP contribution in [0.15, 0.2) is 24.3 Å². The van der Waals surface area contributed by atoms with Crippen molar-refractivity contribution in [2.24, 2.45) is 22.8 Å². The molecule has 0 bridgehead atoms. The van der Waals surface area contributed by atoms with Crippen LogP contribution < -0.4 is 11.5 Å². The summed E-state index contributed by atoms with van der Waals surface area (Å²) in [5.74, 6) is 0.781. The van der Waals surface area contributed by atoms with Crippen LogP contribution in [0.3, 0.4) is 0 Å². The van der Waals surface area contributed by atoms with Crippen molar-refractivity contribution >= 4 is 0 Å². The zero-order valence-electron chi connectivity index (χ0n) is 14.3. The van der Waals surface area contributed by atoms with E-state index >= 15 is 0 Å². The van der Waals surface area contributed by atoms with Crippen LogP contribution in [0.4, 0.5) is 0 Å². The summed E-state index contributed by atoms with van der Waals surface area (Å²) in [6.07, 6.45) is 24.7. The topological polar surface area (TPSA) is 52.0 Å². The van der Waals surface area contributed by atoms with E-state index in [2.05, 4.69) is 24.3 Å². The standard InChI is InChI=1S/C20H36N2/c21-17-20(15-9-10-16-20)14-8-4-2-1-3-5-13-19(22)18-11-6-7-12-18/h3-5,8,18-19H,1-2,6-7,9-17,21-22H2. The maximum Gasteiger partial charge on any atom is 0.0102 e. The van der Waals surface area contributed by atoms with Gasteiger partial charge >= 0.3 is 0 Å². The molecular formula is C20H36N2. The molecule has 2 aliphatic carbocycles. The van der Waals surface area contributed by atoms with Crippen molar-refractivity contribution in [2.75, 3.05) is 6.54 Å². The lowest BCUT2D eigenvalue weighted by molar-refractivity contribution is 0.313. The fourth-order valence-corrected chi connectivity index (χ4v) is 4.21. The number of rotatable bonds is 9. The lowest BCUT2D eigenvalue weighted by atomic mass is 9.83. The first kappa shape index (κ1) is 17.7. The molecule has 2 fully saturated rings. The van der Waals surface area contributed by atoms with Crippen LogP contribution in [-0.4, -0.2) is 12.6 Å². The number of unbranched alkanes of at least 4 members (excludes halogenated alkanes) is 1. The third kappa shape index (κ3) is 5.55. The summed E-state index contributed by atoms with van der Waals surface area (Å²) in [7, 11) is 0. The van der Waals surface area contributed by atoms with Gasteiger partial charge in [-0.3, -0.25) is 0 Å². The summed E-state index contributed by atoms with van der Waals surface area (Å²) < 4.78 is 0. The maximum atomic E-state index is 6.26. The summed E-state index contributed by atoms with van der Waals surface area (Å²) >= 11 is 0. The molecule has 0 aromatic heterocycles. The van der Waals surface area contributed by atoms with Gasteiger partial charge in [0.1, 0.15) is 0 Å². The van der Waals surface area contributed by atoms with E-state index < -0.39 is 0 Å². The Bertz CT molecular complexity index is 347. The molecule has 0 amide bonds. The van der Waals surface area contributed by atoms with Gasteiger partial charge in [-0.05, 0) is 69.2 Å². The van der Waals surface area contributed by atoms with Gasteiger partial charge in [-0.15, -0.1) is 0 Å². The molecule has 0 heterocycles. The molecule has 0 spiro atoms. The average molecular weight is 305 g/mol. The van der Waals surface area contributed by atoms with E-state index in [0.717, 1.165) is 31.7 Å². The first-order valence-corrected chi connectivity index (χ1v) is 9.51. The smallest absolute Gasteiger partial charge is 0.0102 e. The van der Waals surface area contributed by atoms with Crippen LogP contribution in [0.1, 0.15) is 77.0 Å². The fraction of sp³-hybridized carbons (Fsp3) is 0.800.